The summed E-state index contributed by atoms with van der Waals surface area (Å²) in [7, 11) is 0. The molecule has 1 aliphatic heterocycles. The highest BCUT2D eigenvalue weighted by Gasteiger charge is 2.36. The van der Waals surface area contributed by atoms with Gasteiger partial charge in [-0.1, -0.05) is 117 Å². The Labute approximate surface area is 215 Å². The Hall–Kier alpha value is -3.81. The molecule has 0 N–H and O–H groups in total. The summed E-state index contributed by atoms with van der Waals surface area (Å²) in [6.07, 6.45) is 0. The zero-order valence-corrected chi connectivity index (χ0v) is 21.1. The quantitative estimate of drug-likeness (QED) is 0.227. The summed E-state index contributed by atoms with van der Waals surface area (Å²) in [5.74, 6) is 0. The van der Waals surface area contributed by atoms with Crippen LogP contribution in [0.2, 0.25) is 0 Å². The Balaban J connectivity index is 1.42. The summed E-state index contributed by atoms with van der Waals surface area (Å²) in [5, 5.41) is 5.36. The second-order valence-corrected chi connectivity index (χ2v) is 11.6. The second-order valence-electron chi connectivity index (χ2n) is 10.5. The Morgan fingerprint density at radius 1 is 0.528 bits per heavy atom. The van der Waals surface area contributed by atoms with Gasteiger partial charge in [0.2, 0.25) is 0 Å². The molecule has 0 nitrogen and oxygen atoms in total. The lowest BCUT2D eigenvalue weighted by Crippen LogP contribution is -2.15. The Morgan fingerprint density at radius 2 is 1.28 bits per heavy atom. The van der Waals surface area contributed by atoms with E-state index in [-0.39, 0.29) is 5.41 Å². The van der Waals surface area contributed by atoms with Crippen LogP contribution in [-0.2, 0) is 5.41 Å². The van der Waals surface area contributed by atoms with Gasteiger partial charge in [0.25, 0.3) is 0 Å². The van der Waals surface area contributed by atoms with Crippen LogP contribution >= 0.6 is 11.8 Å². The van der Waals surface area contributed by atoms with Gasteiger partial charge in [-0.15, -0.1) is 0 Å². The highest BCUT2D eigenvalue weighted by molar-refractivity contribution is 7.99. The first kappa shape index (κ1) is 20.4. The van der Waals surface area contributed by atoms with Gasteiger partial charge < -0.3 is 0 Å². The molecule has 1 aliphatic carbocycles. The number of rotatable bonds is 1. The van der Waals surface area contributed by atoms with Crippen molar-refractivity contribution in [2.45, 2.75) is 29.1 Å². The van der Waals surface area contributed by atoms with Gasteiger partial charge in [-0.25, -0.2) is 0 Å². The maximum Gasteiger partial charge on any atom is 0.0207 e. The van der Waals surface area contributed by atoms with E-state index in [1.807, 2.05) is 11.8 Å². The van der Waals surface area contributed by atoms with Crippen molar-refractivity contribution in [1.29, 1.82) is 0 Å². The lowest BCUT2D eigenvalue weighted by molar-refractivity contribution is 0.661. The average Bonchev–Trinajstić information content (AvgIpc) is 3.15. The third-order valence-electron chi connectivity index (χ3n) is 8.26. The molecule has 170 valence electrons. The summed E-state index contributed by atoms with van der Waals surface area (Å²) >= 11 is 1.89. The normalized spacial score (nSPS) is 14.5. The minimum Gasteiger partial charge on any atom is -0.0888 e. The molecular formula is C35H24S. The van der Waals surface area contributed by atoms with Crippen molar-refractivity contribution in [3.63, 3.8) is 0 Å². The largest absolute Gasteiger partial charge is 0.0888 e. The molecule has 0 radical (unpaired) electrons. The van der Waals surface area contributed by atoms with Gasteiger partial charge in [0.15, 0.2) is 0 Å². The van der Waals surface area contributed by atoms with Crippen LogP contribution in [0.25, 0.3) is 54.9 Å². The first-order valence-corrected chi connectivity index (χ1v) is 13.4. The minimum absolute atomic E-state index is 0.0439. The minimum atomic E-state index is -0.0439. The van der Waals surface area contributed by atoms with Crippen molar-refractivity contribution in [2.75, 3.05) is 0 Å². The van der Waals surface area contributed by atoms with Gasteiger partial charge in [0, 0.05) is 20.6 Å². The molecule has 0 bridgehead atoms. The fourth-order valence-corrected chi connectivity index (χ4v) is 7.64. The van der Waals surface area contributed by atoms with Crippen LogP contribution in [0.15, 0.2) is 119 Å². The van der Waals surface area contributed by atoms with Gasteiger partial charge >= 0.3 is 0 Å². The van der Waals surface area contributed by atoms with E-state index in [9.17, 15) is 0 Å². The molecule has 6 aromatic rings. The predicted octanol–water partition coefficient (Wildman–Crippen LogP) is 10.1. The van der Waals surface area contributed by atoms with Crippen molar-refractivity contribution in [3.8, 4) is 33.4 Å². The predicted molar refractivity (Wildman–Crippen MR) is 154 cm³/mol. The SMILES string of the molecule is CC1(C)c2cc(-c3ccc4cccc5c4c3-c3ccccc3S5)ccc2-c2c1ccc1ccccc21. The molecule has 0 fully saturated rings. The van der Waals surface area contributed by atoms with E-state index >= 15 is 0 Å². The Bertz CT molecular complexity index is 1890. The molecule has 0 amide bonds. The van der Waals surface area contributed by atoms with Crippen LogP contribution in [0, 0.1) is 0 Å². The van der Waals surface area contributed by atoms with Crippen LogP contribution in [0.4, 0.5) is 0 Å². The van der Waals surface area contributed by atoms with Crippen LogP contribution in [0.5, 0.6) is 0 Å². The standard InChI is InChI=1S/C35H24S/c1-35(2)28-19-16-21-8-3-4-10-24(21)33(28)26-18-15-23(20-29(26)35)25-17-14-22-9-7-13-31-32(22)34(25)27-11-5-6-12-30(27)36-31/h3-20H,1-2H3. The topological polar surface area (TPSA) is 0 Å². The molecule has 0 spiro atoms. The number of hydrogen-bond acceptors (Lipinski definition) is 1. The van der Waals surface area contributed by atoms with Gasteiger partial charge in [-0.2, -0.15) is 0 Å². The van der Waals surface area contributed by atoms with Crippen molar-refractivity contribution in [2.24, 2.45) is 0 Å². The fourth-order valence-electron chi connectivity index (χ4n) is 6.51. The summed E-state index contributed by atoms with van der Waals surface area (Å²) in [5.41, 5.74) is 10.9. The first-order chi connectivity index (χ1) is 17.6. The molecule has 0 atom stereocenters. The molecule has 1 heteroatoms. The summed E-state index contributed by atoms with van der Waals surface area (Å²) < 4.78 is 0. The van der Waals surface area contributed by atoms with Crippen molar-refractivity contribution < 1.29 is 0 Å². The Kier molecular flexibility index (Phi) is 4.03. The molecule has 1 heterocycles. The van der Waals surface area contributed by atoms with Gasteiger partial charge in [-0.3, -0.25) is 0 Å². The highest BCUT2D eigenvalue weighted by Crippen LogP contribution is 2.54. The van der Waals surface area contributed by atoms with Gasteiger partial charge in [-0.05, 0) is 78.9 Å². The van der Waals surface area contributed by atoms with Crippen molar-refractivity contribution in [1.82, 2.24) is 0 Å². The maximum absolute atomic E-state index is 2.47. The van der Waals surface area contributed by atoms with E-state index in [0.717, 1.165) is 0 Å². The smallest absolute Gasteiger partial charge is 0.0207 e. The molecular weight excluding hydrogens is 452 g/mol. The zero-order chi connectivity index (χ0) is 24.0. The third-order valence-corrected chi connectivity index (χ3v) is 9.40. The first-order valence-electron chi connectivity index (χ1n) is 12.6. The van der Waals surface area contributed by atoms with E-state index in [2.05, 4.69) is 123 Å². The lowest BCUT2D eigenvalue weighted by atomic mass is 9.80. The second kappa shape index (κ2) is 7.12. The van der Waals surface area contributed by atoms with E-state index in [1.54, 1.807) is 0 Å². The van der Waals surface area contributed by atoms with Gasteiger partial charge in [0.05, 0.1) is 0 Å². The van der Waals surface area contributed by atoms with Crippen LogP contribution in [0.3, 0.4) is 0 Å². The van der Waals surface area contributed by atoms with E-state index in [4.69, 9.17) is 0 Å². The van der Waals surface area contributed by atoms with Crippen LogP contribution in [0.1, 0.15) is 25.0 Å². The monoisotopic (exact) mass is 476 g/mol. The lowest BCUT2D eigenvalue weighted by Gasteiger charge is -2.25. The zero-order valence-electron chi connectivity index (χ0n) is 20.3. The molecule has 6 aromatic carbocycles. The molecule has 0 unspecified atom stereocenters. The number of fused-ring (bicyclic) bond motifs is 7. The summed E-state index contributed by atoms with van der Waals surface area (Å²) in [6, 6.07) is 40.8. The average molecular weight is 477 g/mol. The number of benzene rings is 6. The third kappa shape index (κ3) is 2.61. The number of hydrogen-bond donors (Lipinski definition) is 0. The molecule has 0 aromatic heterocycles. The maximum atomic E-state index is 2.47. The van der Waals surface area contributed by atoms with Crippen molar-refractivity contribution >= 4 is 33.3 Å². The summed E-state index contributed by atoms with van der Waals surface area (Å²) in [6.45, 7) is 4.76. The molecule has 0 saturated heterocycles. The molecule has 36 heavy (non-hydrogen) atoms. The van der Waals surface area contributed by atoms with Crippen molar-refractivity contribution in [3.05, 3.63) is 120 Å². The van der Waals surface area contributed by atoms with E-state index in [1.165, 1.54) is 75.8 Å². The van der Waals surface area contributed by atoms with Crippen LogP contribution in [-0.4, -0.2) is 0 Å². The fraction of sp³-hybridized carbons (Fsp3) is 0.0857. The van der Waals surface area contributed by atoms with Crippen LogP contribution < -0.4 is 0 Å². The van der Waals surface area contributed by atoms with Gasteiger partial charge in [0.1, 0.15) is 0 Å². The highest BCUT2D eigenvalue weighted by atomic mass is 32.2. The van der Waals surface area contributed by atoms with E-state index < -0.39 is 0 Å². The Morgan fingerprint density at radius 3 is 2.22 bits per heavy atom. The van der Waals surface area contributed by atoms with E-state index in [0.29, 0.717) is 0 Å². The molecule has 8 rings (SSSR count). The summed E-state index contributed by atoms with van der Waals surface area (Å²) in [4.78, 5) is 2.69. The molecule has 2 aliphatic rings. The molecule has 0 saturated carbocycles.